The quantitative estimate of drug-likeness (QED) is 0.771. The Balaban J connectivity index is 1.95. The van der Waals surface area contributed by atoms with Crippen LogP contribution in [-0.2, 0) is 6.42 Å². The van der Waals surface area contributed by atoms with E-state index in [-0.39, 0.29) is 0 Å². The van der Waals surface area contributed by atoms with Crippen LogP contribution >= 0.6 is 0 Å². The molecule has 0 aliphatic carbocycles. The van der Waals surface area contributed by atoms with Gasteiger partial charge in [0, 0.05) is 11.9 Å². The molecule has 1 aromatic heterocycles. The van der Waals surface area contributed by atoms with Gasteiger partial charge in [0.15, 0.2) is 0 Å². The molecule has 1 saturated heterocycles. The van der Waals surface area contributed by atoms with Gasteiger partial charge < -0.3 is 5.32 Å². The molecule has 1 aromatic rings. The van der Waals surface area contributed by atoms with E-state index in [9.17, 15) is 0 Å². The highest BCUT2D eigenvalue weighted by molar-refractivity contribution is 5.16. The van der Waals surface area contributed by atoms with Crippen LogP contribution < -0.4 is 5.32 Å². The molecule has 1 N–H and O–H groups in total. The van der Waals surface area contributed by atoms with Crippen molar-refractivity contribution in [2.24, 2.45) is 5.92 Å². The molecule has 0 bridgehead atoms. The monoisotopic (exact) mass is 190 g/mol. The van der Waals surface area contributed by atoms with Gasteiger partial charge in [-0.05, 0) is 62.9 Å². The van der Waals surface area contributed by atoms with Crippen LogP contribution in [0.4, 0.5) is 0 Å². The number of nitrogens with one attached hydrogen (secondary N) is 1. The lowest BCUT2D eigenvalue weighted by Crippen LogP contribution is -2.30. The van der Waals surface area contributed by atoms with Crippen molar-refractivity contribution >= 4 is 0 Å². The van der Waals surface area contributed by atoms with Crippen molar-refractivity contribution < 1.29 is 0 Å². The molecule has 0 unspecified atom stereocenters. The van der Waals surface area contributed by atoms with Crippen LogP contribution in [0.5, 0.6) is 0 Å². The molecule has 0 spiro atoms. The molecule has 1 aliphatic heterocycles. The summed E-state index contributed by atoms with van der Waals surface area (Å²) in [6, 6.07) is 4.34. The van der Waals surface area contributed by atoms with Gasteiger partial charge in [-0.2, -0.15) is 0 Å². The highest BCUT2D eigenvalue weighted by Crippen LogP contribution is 2.16. The summed E-state index contributed by atoms with van der Waals surface area (Å²) in [5, 5.41) is 3.45. The second-order valence-corrected chi connectivity index (χ2v) is 4.22. The van der Waals surface area contributed by atoms with Crippen LogP contribution in [0.15, 0.2) is 18.3 Å². The van der Waals surface area contributed by atoms with Gasteiger partial charge in [0.1, 0.15) is 0 Å². The van der Waals surface area contributed by atoms with E-state index in [1.807, 2.05) is 6.20 Å². The van der Waals surface area contributed by atoms with Crippen LogP contribution in [-0.4, -0.2) is 18.1 Å². The fourth-order valence-corrected chi connectivity index (χ4v) is 2.16. The predicted molar refractivity (Wildman–Crippen MR) is 58.3 cm³/mol. The zero-order chi connectivity index (χ0) is 9.80. The first-order valence-electron chi connectivity index (χ1n) is 5.47. The molecule has 1 aliphatic rings. The normalized spacial score (nSPS) is 22.2. The zero-order valence-electron chi connectivity index (χ0n) is 8.79. The topological polar surface area (TPSA) is 24.9 Å². The third kappa shape index (κ3) is 2.55. The summed E-state index contributed by atoms with van der Waals surface area (Å²) in [5.41, 5.74) is 2.57. The Morgan fingerprint density at radius 2 is 2.50 bits per heavy atom. The molecule has 1 atom stereocenters. The van der Waals surface area contributed by atoms with Gasteiger partial charge in [-0.3, -0.25) is 4.98 Å². The Bertz CT molecular complexity index is 290. The summed E-state index contributed by atoms with van der Waals surface area (Å²) in [6.07, 6.45) is 5.82. The van der Waals surface area contributed by atoms with Crippen molar-refractivity contribution in [3.05, 3.63) is 29.6 Å². The SMILES string of the molecule is Cc1cc(C[C@H]2CCCNC2)ccn1. The van der Waals surface area contributed by atoms with E-state index in [0.29, 0.717) is 0 Å². The Kier molecular flexibility index (Phi) is 3.14. The lowest BCUT2D eigenvalue weighted by molar-refractivity contribution is 0.376. The van der Waals surface area contributed by atoms with Gasteiger partial charge in [-0.1, -0.05) is 0 Å². The minimum absolute atomic E-state index is 0.825. The molecule has 0 saturated carbocycles. The first-order valence-corrected chi connectivity index (χ1v) is 5.47. The second kappa shape index (κ2) is 4.56. The fraction of sp³-hybridized carbons (Fsp3) is 0.583. The summed E-state index contributed by atoms with van der Waals surface area (Å²) in [4.78, 5) is 4.22. The standard InChI is InChI=1S/C12H18N2/c1-10-7-11(4-6-14-10)8-12-3-2-5-13-9-12/h4,6-7,12-13H,2-3,5,8-9H2,1H3/t12-/m1/s1. The maximum Gasteiger partial charge on any atom is 0.0375 e. The number of rotatable bonds is 2. The smallest absolute Gasteiger partial charge is 0.0375 e. The van der Waals surface area contributed by atoms with Gasteiger partial charge in [0.05, 0.1) is 0 Å². The van der Waals surface area contributed by atoms with Crippen LogP contribution in [0.3, 0.4) is 0 Å². The van der Waals surface area contributed by atoms with Crippen molar-refractivity contribution in [2.45, 2.75) is 26.2 Å². The van der Waals surface area contributed by atoms with E-state index >= 15 is 0 Å². The number of nitrogens with zero attached hydrogens (tertiary/aromatic N) is 1. The number of hydrogen-bond acceptors (Lipinski definition) is 2. The molecule has 76 valence electrons. The van der Waals surface area contributed by atoms with E-state index in [1.165, 1.54) is 37.9 Å². The zero-order valence-corrected chi connectivity index (χ0v) is 8.79. The van der Waals surface area contributed by atoms with Crippen molar-refractivity contribution in [1.29, 1.82) is 0 Å². The number of aryl methyl sites for hydroxylation is 1. The molecule has 0 aromatic carbocycles. The van der Waals surface area contributed by atoms with E-state index in [2.05, 4.69) is 29.4 Å². The molecule has 1 fully saturated rings. The van der Waals surface area contributed by atoms with Gasteiger partial charge in [0.2, 0.25) is 0 Å². The average molecular weight is 190 g/mol. The minimum atomic E-state index is 0.825. The largest absolute Gasteiger partial charge is 0.316 e. The van der Waals surface area contributed by atoms with Crippen LogP contribution in [0.2, 0.25) is 0 Å². The average Bonchev–Trinajstić information content (AvgIpc) is 2.19. The van der Waals surface area contributed by atoms with Gasteiger partial charge in [0.25, 0.3) is 0 Å². The lowest BCUT2D eigenvalue weighted by atomic mass is 9.92. The summed E-state index contributed by atoms with van der Waals surface area (Å²) < 4.78 is 0. The van der Waals surface area contributed by atoms with E-state index < -0.39 is 0 Å². The van der Waals surface area contributed by atoms with Crippen molar-refractivity contribution in [2.75, 3.05) is 13.1 Å². The molecular formula is C12H18N2. The van der Waals surface area contributed by atoms with Gasteiger partial charge in [-0.15, -0.1) is 0 Å². The lowest BCUT2D eigenvalue weighted by Gasteiger charge is -2.22. The highest BCUT2D eigenvalue weighted by Gasteiger charge is 2.13. The van der Waals surface area contributed by atoms with E-state index in [1.54, 1.807) is 0 Å². The third-order valence-electron chi connectivity index (χ3n) is 2.88. The number of piperidine rings is 1. The van der Waals surface area contributed by atoms with E-state index in [4.69, 9.17) is 0 Å². The maximum absolute atomic E-state index is 4.22. The molecule has 2 heteroatoms. The summed E-state index contributed by atoms with van der Waals surface area (Å²) >= 11 is 0. The molecule has 0 radical (unpaired) electrons. The minimum Gasteiger partial charge on any atom is -0.316 e. The Hall–Kier alpha value is -0.890. The number of pyridine rings is 1. The predicted octanol–water partition coefficient (Wildman–Crippen LogP) is 1.93. The molecule has 2 heterocycles. The Morgan fingerprint density at radius 1 is 1.57 bits per heavy atom. The van der Waals surface area contributed by atoms with Crippen LogP contribution in [0.25, 0.3) is 0 Å². The molecular weight excluding hydrogens is 172 g/mol. The van der Waals surface area contributed by atoms with Crippen LogP contribution in [0.1, 0.15) is 24.1 Å². The van der Waals surface area contributed by atoms with Crippen LogP contribution in [0, 0.1) is 12.8 Å². The maximum atomic E-state index is 4.22. The van der Waals surface area contributed by atoms with Crippen molar-refractivity contribution in [1.82, 2.24) is 10.3 Å². The number of aromatic nitrogens is 1. The summed E-state index contributed by atoms with van der Waals surface area (Å²) in [7, 11) is 0. The first kappa shape index (κ1) is 9.66. The molecule has 2 rings (SSSR count). The molecule has 14 heavy (non-hydrogen) atoms. The Labute approximate surface area is 85.7 Å². The van der Waals surface area contributed by atoms with Gasteiger partial charge >= 0.3 is 0 Å². The molecule has 0 amide bonds. The highest BCUT2D eigenvalue weighted by atomic mass is 14.9. The van der Waals surface area contributed by atoms with Crippen molar-refractivity contribution in [3.63, 3.8) is 0 Å². The second-order valence-electron chi connectivity index (χ2n) is 4.22. The first-order chi connectivity index (χ1) is 6.84. The fourth-order valence-electron chi connectivity index (χ4n) is 2.16. The summed E-state index contributed by atoms with van der Waals surface area (Å²) in [6.45, 7) is 4.44. The summed E-state index contributed by atoms with van der Waals surface area (Å²) in [5.74, 6) is 0.825. The Morgan fingerprint density at radius 3 is 3.21 bits per heavy atom. The number of hydrogen-bond donors (Lipinski definition) is 1. The van der Waals surface area contributed by atoms with Gasteiger partial charge in [-0.25, -0.2) is 0 Å². The van der Waals surface area contributed by atoms with Crippen molar-refractivity contribution in [3.8, 4) is 0 Å². The third-order valence-corrected chi connectivity index (χ3v) is 2.88. The van der Waals surface area contributed by atoms with E-state index in [0.717, 1.165) is 11.6 Å². The molecule has 2 nitrogen and oxygen atoms in total.